The van der Waals surface area contributed by atoms with Gasteiger partial charge in [0.1, 0.15) is 0 Å². The number of nitrogens with zero attached hydrogens (tertiary/aromatic N) is 6. The molecule has 3 heterocycles. The van der Waals surface area contributed by atoms with Gasteiger partial charge in [0.05, 0.1) is 30.2 Å². The largest absolute Gasteiger partial charge is 0.387 e. The van der Waals surface area contributed by atoms with Crippen LogP contribution in [0.1, 0.15) is 12.0 Å². The first-order chi connectivity index (χ1) is 11.7. The molecule has 1 saturated heterocycles. The molecule has 1 aromatic carbocycles. The topological polar surface area (TPSA) is 72.0 Å². The van der Waals surface area contributed by atoms with E-state index in [1.807, 2.05) is 47.4 Å². The SMILES string of the molecule is OC1(Cn2ccnn2)CCN(Cc2cnn(-c3ccccc3)c2)C1. The van der Waals surface area contributed by atoms with Crippen LogP contribution >= 0.6 is 0 Å². The summed E-state index contributed by atoms with van der Waals surface area (Å²) in [7, 11) is 0. The fraction of sp³-hybridized carbons (Fsp3) is 0.353. The van der Waals surface area contributed by atoms with Crippen molar-refractivity contribution in [3.05, 3.63) is 60.7 Å². The Labute approximate surface area is 140 Å². The van der Waals surface area contributed by atoms with Crippen molar-refractivity contribution in [1.82, 2.24) is 29.7 Å². The van der Waals surface area contributed by atoms with E-state index in [0.29, 0.717) is 13.1 Å². The molecule has 7 heteroatoms. The molecule has 1 atom stereocenters. The lowest BCUT2D eigenvalue weighted by atomic mass is 10.0. The summed E-state index contributed by atoms with van der Waals surface area (Å²) in [6.07, 6.45) is 8.09. The Hall–Kier alpha value is -2.51. The quantitative estimate of drug-likeness (QED) is 0.761. The van der Waals surface area contributed by atoms with Crippen molar-refractivity contribution in [2.24, 2.45) is 0 Å². The van der Waals surface area contributed by atoms with Gasteiger partial charge in [0.25, 0.3) is 0 Å². The zero-order valence-corrected chi connectivity index (χ0v) is 13.4. The molecule has 0 bridgehead atoms. The van der Waals surface area contributed by atoms with Crippen molar-refractivity contribution in [3.63, 3.8) is 0 Å². The van der Waals surface area contributed by atoms with Gasteiger partial charge in [-0.25, -0.2) is 9.36 Å². The van der Waals surface area contributed by atoms with E-state index in [1.165, 1.54) is 0 Å². The first-order valence-corrected chi connectivity index (χ1v) is 8.08. The first kappa shape index (κ1) is 15.0. The number of rotatable bonds is 5. The predicted molar refractivity (Wildman–Crippen MR) is 88.4 cm³/mol. The molecule has 4 rings (SSSR count). The molecule has 1 N–H and O–H groups in total. The molecule has 0 spiro atoms. The number of β-amino-alcohol motifs (C(OH)–C–C–N with tert-alkyl or cyclic N) is 1. The Morgan fingerprint density at radius 3 is 2.88 bits per heavy atom. The number of aromatic nitrogens is 5. The lowest BCUT2D eigenvalue weighted by Gasteiger charge is -2.22. The summed E-state index contributed by atoms with van der Waals surface area (Å²) < 4.78 is 3.57. The van der Waals surface area contributed by atoms with Gasteiger partial charge in [0, 0.05) is 37.6 Å². The molecule has 124 valence electrons. The molecule has 2 aromatic heterocycles. The van der Waals surface area contributed by atoms with Gasteiger partial charge in [0.15, 0.2) is 0 Å². The smallest absolute Gasteiger partial charge is 0.0981 e. The monoisotopic (exact) mass is 324 g/mol. The minimum absolute atomic E-state index is 0.479. The maximum absolute atomic E-state index is 10.7. The van der Waals surface area contributed by atoms with E-state index in [-0.39, 0.29) is 0 Å². The van der Waals surface area contributed by atoms with Gasteiger partial charge in [-0.1, -0.05) is 23.4 Å². The Morgan fingerprint density at radius 1 is 1.21 bits per heavy atom. The highest BCUT2D eigenvalue weighted by molar-refractivity contribution is 5.30. The summed E-state index contributed by atoms with van der Waals surface area (Å²) in [5.41, 5.74) is 1.44. The minimum atomic E-state index is -0.747. The minimum Gasteiger partial charge on any atom is -0.387 e. The number of aliphatic hydroxyl groups is 1. The summed E-state index contributed by atoms with van der Waals surface area (Å²) in [6.45, 7) is 2.75. The fourth-order valence-electron chi connectivity index (χ4n) is 3.25. The average Bonchev–Trinajstić information content (AvgIpc) is 3.32. The maximum Gasteiger partial charge on any atom is 0.0981 e. The van der Waals surface area contributed by atoms with Gasteiger partial charge < -0.3 is 5.11 Å². The second-order valence-electron chi connectivity index (χ2n) is 6.41. The van der Waals surface area contributed by atoms with Crippen LogP contribution in [0.2, 0.25) is 0 Å². The van der Waals surface area contributed by atoms with Crippen LogP contribution < -0.4 is 0 Å². The third-order valence-electron chi connectivity index (χ3n) is 4.40. The van der Waals surface area contributed by atoms with Crippen molar-refractivity contribution in [3.8, 4) is 5.69 Å². The van der Waals surface area contributed by atoms with E-state index in [2.05, 4.69) is 20.3 Å². The summed E-state index contributed by atoms with van der Waals surface area (Å²) in [4.78, 5) is 2.25. The number of likely N-dealkylation sites (tertiary alicyclic amines) is 1. The van der Waals surface area contributed by atoms with Crippen LogP contribution in [0.5, 0.6) is 0 Å². The number of para-hydroxylation sites is 1. The summed E-state index contributed by atoms with van der Waals surface area (Å²) in [5, 5.41) is 22.9. The van der Waals surface area contributed by atoms with Crippen LogP contribution in [0.3, 0.4) is 0 Å². The molecule has 0 saturated carbocycles. The van der Waals surface area contributed by atoms with Crippen LogP contribution in [0.25, 0.3) is 5.69 Å². The lowest BCUT2D eigenvalue weighted by Crippen LogP contribution is -2.37. The fourth-order valence-corrected chi connectivity index (χ4v) is 3.25. The normalized spacial score (nSPS) is 21.4. The molecule has 3 aromatic rings. The van der Waals surface area contributed by atoms with Crippen molar-refractivity contribution >= 4 is 0 Å². The highest BCUT2D eigenvalue weighted by Crippen LogP contribution is 2.24. The van der Waals surface area contributed by atoms with E-state index in [4.69, 9.17) is 0 Å². The highest BCUT2D eigenvalue weighted by atomic mass is 16.3. The maximum atomic E-state index is 10.7. The van der Waals surface area contributed by atoms with Crippen LogP contribution in [0, 0.1) is 0 Å². The molecule has 0 aliphatic carbocycles. The Kier molecular flexibility index (Phi) is 3.87. The highest BCUT2D eigenvalue weighted by Gasteiger charge is 2.36. The second-order valence-corrected chi connectivity index (χ2v) is 6.41. The Bertz CT molecular complexity index is 785. The molecule has 1 aliphatic rings. The van der Waals surface area contributed by atoms with Crippen molar-refractivity contribution < 1.29 is 5.11 Å². The molecule has 0 amide bonds. The molecular weight excluding hydrogens is 304 g/mol. The zero-order valence-electron chi connectivity index (χ0n) is 13.4. The molecule has 1 aliphatic heterocycles. The van der Waals surface area contributed by atoms with Gasteiger partial charge in [-0.15, -0.1) is 5.10 Å². The average molecular weight is 324 g/mol. The molecule has 7 nitrogen and oxygen atoms in total. The molecule has 1 unspecified atom stereocenters. The van der Waals surface area contributed by atoms with Crippen molar-refractivity contribution in [2.45, 2.75) is 25.1 Å². The molecule has 0 radical (unpaired) electrons. The standard InChI is InChI=1S/C17H20N6O/c24-17(14-22-9-7-18-20-22)6-8-21(13-17)11-15-10-19-23(12-15)16-4-2-1-3-5-16/h1-5,7,9-10,12,24H,6,8,11,13-14H2. The van der Waals surface area contributed by atoms with Gasteiger partial charge in [-0.05, 0) is 18.6 Å². The zero-order chi connectivity index (χ0) is 16.4. The molecule has 24 heavy (non-hydrogen) atoms. The predicted octanol–water partition coefficient (Wildman–Crippen LogP) is 1.10. The summed E-state index contributed by atoms with van der Waals surface area (Å²) in [5.74, 6) is 0. The van der Waals surface area contributed by atoms with Gasteiger partial charge >= 0.3 is 0 Å². The second kappa shape index (κ2) is 6.18. The van der Waals surface area contributed by atoms with E-state index >= 15 is 0 Å². The van der Waals surface area contributed by atoms with Gasteiger partial charge in [-0.3, -0.25) is 4.90 Å². The van der Waals surface area contributed by atoms with Crippen LogP contribution in [0.4, 0.5) is 0 Å². The van der Waals surface area contributed by atoms with E-state index in [1.54, 1.807) is 17.1 Å². The van der Waals surface area contributed by atoms with E-state index < -0.39 is 5.60 Å². The van der Waals surface area contributed by atoms with Gasteiger partial charge in [0.2, 0.25) is 0 Å². The number of hydrogen-bond donors (Lipinski definition) is 1. The van der Waals surface area contributed by atoms with Gasteiger partial charge in [-0.2, -0.15) is 5.10 Å². The molecular formula is C17H20N6O. The van der Waals surface area contributed by atoms with E-state index in [9.17, 15) is 5.11 Å². The Balaban J connectivity index is 1.39. The van der Waals surface area contributed by atoms with Crippen molar-refractivity contribution in [1.29, 1.82) is 0 Å². The summed E-state index contributed by atoms with van der Waals surface area (Å²) in [6, 6.07) is 10.1. The van der Waals surface area contributed by atoms with Crippen LogP contribution in [0.15, 0.2) is 55.1 Å². The third-order valence-corrected chi connectivity index (χ3v) is 4.40. The first-order valence-electron chi connectivity index (χ1n) is 8.08. The molecule has 1 fully saturated rings. The number of benzene rings is 1. The van der Waals surface area contributed by atoms with E-state index in [0.717, 1.165) is 30.8 Å². The lowest BCUT2D eigenvalue weighted by molar-refractivity contribution is 0.0274. The summed E-state index contributed by atoms with van der Waals surface area (Å²) >= 11 is 0. The van der Waals surface area contributed by atoms with Crippen molar-refractivity contribution in [2.75, 3.05) is 13.1 Å². The third kappa shape index (κ3) is 3.22. The van der Waals surface area contributed by atoms with Crippen LogP contribution in [-0.2, 0) is 13.1 Å². The van der Waals surface area contributed by atoms with Crippen LogP contribution in [-0.4, -0.2) is 53.5 Å². The Morgan fingerprint density at radius 2 is 2.08 bits per heavy atom. The number of hydrogen-bond acceptors (Lipinski definition) is 5.